The van der Waals surface area contributed by atoms with Crippen LogP contribution in [0.5, 0.6) is 0 Å². The molecule has 0 fully saturated rings. The Morgan fingerprint density at radius 2 is 1.02 bits per heavy atom. The van der Waals surface area contributed by atoms with Crippen LogP contribution in [0.25, 0.3) is 50.8 Å². The second kappa shape index (κ2) is 11.5. The molecule has 1 aromatic heterocycles. The van der Waals surface area contributed by atoms with Crippen LogP contribution in [0.1, 0.15) is 36.1 Å². The zero-order valence-corrected chi connectivity index (χ0v) is 27.7. The van der Waals surface area contributed by atoms with Gasteiger partial charge < -0.3 is 9.47 Å². The maximum atomic E-state index is 2.46. The van der Waals surface area contributed by atoms with Crippen LogP contribution in [0.3, 0.4) is 0 Å². The number of aromatic nitrogens is 1. The molecule has 0 unspecified atom stereocenters. The van der Waals surface area contributed by atoms with Crippen molar-refractivity contribution >= 4 is 51.0 Å². The minimum absolute atomic E-state index is 0.143. The Balaban J connectivity index is 1.26. The molecule has 8 aromatic rings. The fourth-order valence-corrected chi connectivity index (χ4v) is 7.71. The molecule has 2 heteroatoms. The van der Waals surface area contributed by atoms with Gasteiger partial charge in [0.1, 0.15) is 0 Å². The molecule has 1 aliphatic rings. The Morgan fingerprint density at radius 3 is 1.69 bits per heavy atom. The number of anilines is 3. The van der Waals surface area contributed by atoms with Crippen LogP contribution in [0.4, 0.5) is 17.1 Å². The van der Waals surface area contributed by atoms with E-state index in [9.17, 15) is 0 Å². The van der Waals surface area contributed by atoms with Gasteiger partial charge in [-0.15, -0.1) is 0 Å². The molecule has 0 saturated carbocycles. The van der Waals surface area contributed by atoms with Crippen molar-refractivity contribution in [2.45, 2.75) is 19.3 Å². The van der Waals surface area contributed by atoms with E-state index in [1.165, 1.54) is 60.9 Å². The number of nitrogens with zero attached hydrogens (tertiary/aromatic N) is 2. The smallest absolute Gasteiger partial charge is 0.0544 e. The molecule has 0 saturated heterocycles. The zero-order chi connectivity index (χ0) is 33.0. The molecule has 9 rings (SSSR count). The van der Waals surface area contributed by atoms with Gasteiger partial charge in [0.25, 0.3) is 0 Å². The molecule has 234 valence electrons. The molecular formula is C47H36N2. The van der Waals surface area contributed by atoms with Gasteiger partial charge in [0.05, 0.1) is 11.0 Å². The predicted molar refractivity (Wildman–Crippen MR) is 208 cm³/mol. The van der Waals surface area contributed by atoms with Gasteiger partial charge in [-0.1, -0.05) is 129 Å². The third kappa shape index (κ3) is 4.88. The van der Waals surface area contributed by atoms with Gasteiger partial charge in [-0.2, -0.15) is 0 Å². The SMILES string of the molecule is CC1(C)c2cc(/C=C/c3ccccc3)ccc2-c2cc3c4cc(N(c5ccccc5)c5ccccc5)ccc4n(-c4ccccc4)c3cc21. The Hall–Kier alpha value is -6.12. The minimum atomic E-state index is -0.143. The average molecular weight is 629 g/mol. The zero-order valence-electron chi connectivity index (χ0n) is 27.7. The highest BCUT2D eigenvalue weighted by molar-refractivity contribution is 6.13. The van der Waals surface area contributed by atoms with E-state index in [-0.39, 0.29) is 5.41 Å². The van der Waals surface area contributed by atoms with Crippen LogP contribution in [-0.2, 0) is 5.41 Å². The van der Waals surface area contributed by atoms with Crippen molar-refractivity contribution in [3.63, 3.8) is 0 Å². The number of fused-ring (bicyclic) bond motifs is 6. The molecule has 0 aliphatic heterocycles. The molecular weight excluding hydrogens is 593 g/mol. The van der Waals surface area contributed by atoms with Crippen LogP contribution in [0.15, 0.2) is 170 Å². The molecule has 2 nitrogen and oxygen atoms in total. The quantitative estimate of drug-likeness (QED) is 0.166. The number of hydrogen-bond donors (Lipinski definition) is 0. The summed E-state index contributed by atoms with van der Waals surface area (Å²) < 4.78 is 2.44. The highest BCUT2D eigenvalue weighted by Gasteiger charge is 2.36. The lowest BCUT2D eigenvalue weighted by Gasteiger charge is -2.25. The Morgan fingerprint density at radius 1 is 0.449 bits per heavy atom. The van der Waals surface area contributed by atoms with E-state index in [4.69, 9.17) is 0 Å². The van der Waals surface area contributed by atoms with Gasteiger partial charge in [-0.3, -0.25) is 0 Å². The van der Waals surface area contributed by atoms with Crippen LogP contribution in [-0.4, -0.2) is 4.57 Å². The van der Waals surface area contributed by atoms with Gasteiger partial charge in [0.2, 0.25) is 0 Å². The fraction of sp³-hybridized carbons (Fsp3) is 0.0638. The first-order valence-corrected chi connectivity index (χ1v) is 17.0. The highest BCUT2D eigenvalue weighted by atomic mass is 15.1. The van der Waals surface area contributed by atoms with Crippen LogP contribution in [0, 0.1) is 0 Å². The van der Waals surface area contributed by atoms with E-state index in [0.29, 0.717) is 0 Å². The number of para-hydroxylation sites is 3. The van der Waals surface area contributed by atoms with Crippen molar-refractivity contribution in [3.8, 4) is 16.8 Å². The normalized spacial score (nSPS) is 13.2. The van der Waals surface area contributed by atoms with Crippen molar-refractivity contribution in [1.29, 1.82) is 0 Å². The summed E-state index contributed by atoms with van der Waals surface area (Å²) in [6.07, 6.45) is 4.43. The molecule has 0 amide bonds. The molecule has 0 bridgehead atoms. The standard InChI is InChI=1S/C47H36N2/c1-47(2)43-29-34(24-23-33-15-7-3-8-16-33)25-27-39(43)40-31-42-41-30-38(48(35-17-9-4-10-18-35)36-19-11-5-12-20-36)26-28-45(41)49(46(42)32-44(40)47)37-21-13-6-14-22-37/h3-32H,1-2H3/b24-23+. The van der Waals surface area contributed by atoms with E-state index in [2.05, 4.69) is 205 Å². The van der Waals surface area contributed by atoms with Crippen LogP contribution >= 0.6 is 0 Å². The third-order valence-corrected chi connectivity index (χ3v) is 10.1. The monoisotopic (exact) mass is 628 g/mol. The molecule has 1 heterocycles. The maximum absolute atomic E-state index is 2.46. The Kier molecular flexibility index (Phi) is 6.84. The molecule has 0 radical (unpaired) electrons. The first-order valence-electron chi connectivity index (χ1n) is 17.0. The number of rotatable bonds is 6. The lowest BCUT2D eigenvalue weighted by molar-refractivity contribution is 0.661. The van der Waals surface area contributed by atoms with Crippen molar-refractivity contribution in [3.05, 3.63) is 192 Å². The van der Waals surface area contributed by atoms with Crippen molar-refractivity contribution in [2.24, 2.45) is 0 Å². The summed E-state index contributed by atoms with van der Waals surface area (Å²) in [7, 11) is 0. The summed E-state index contributed by atoms with van der Waals surface area (Å²) in [5.74, 6) is 0. The topological polar surface area (TPSA) is 8.17 Å². The number of benzene rings is 7. The summed E-state index contributed by atoms with van der Waals surface area (Å²) in [5.41, 5.74) is 14.7. The molecule has 7 aromatic carbocycles. The molecule has 49 heavy (non-hydrogen) atoms. The van der Waals surface area contributed by atoms with Gasteiger partial charge in [0.15, 0.2) is 0 Å². The van der Waals surface area contributed by atoms with Crippen molar-refractivity contribution in [1.82, 2.24) is 4.57 Å². The Labute approximate surface area is 287 Å². The van der Waals surface area contributed by atoms with Crippen LogP contribution in [0.2, 0.25) is 0 Å². The molecule has 0 atom stereocenters. The summed E-state index contributed by atoms with van der Waals surface area (Å²) in [6, 6.07) is 61.4. The average Bonchev–Trinajstić information content (AvgIpc) is 3.59. The Bertz CT molecular complexity index is 2450. The fourth-order valence-electron chi connectivity index (χ4n) is 7.71. The van der Waals surface area contributed by atoms with E-state index < -0.39 is 0 Å². The van der Waals surface area contributed by atoms with Gasteiger partial charge in [0, 0.05) is 38.9 Å². The van der Waals surface area contributed by atoms with E-state index in [1.54, 1.807) is 0 Å². The predicted octanol–water partition coefficient (Wildman–Crippen LogP) is 12.7. The lowest BCUT2D eigenvalue weighted by Crippen LogP contribution is -2.15. The summed E-state index contributed by atoms with van der Waals surface area (Å²) >= 11 is 0. The summed E-state index contributed by atoms with van der Waals surface area (Å²) in [4.78, 5) is 2.35. The van der Waals surface area contributed by atoms with Crippen molar-refractivity contribution < 1.29 is 0 Å². The second-order valence-electron chi connectivity index (χ2n) is 13.5. The van der Waals surface area contributed by atoms with E-state index in [1.807, 2.05) is 0 Å². The summed E-state index contributed by atoms with van der Waals surface area (Å²) in [5, 5.41) is 2.50. The van der Waals surface area contributed by atoms with Gasteiger partial charge in [-0.05, 0) is 100 Å². The molecule has 0 spiro atoms. The molecule has 0 N–H and O–H groups in total. The number of hydrogen-bond acceptors (Lipinski definition) is 1. The highest BCUT2D eigenvalue weighted by Crippen LogP contribution is 2.51. The maximum Gasteiger partial charge on any atom is 0.0544 e. The van der Waals surface area contributed by atoms with E-state index in [0.717, 1.165) is 17.1 Å². The largest absolute Gasteiger partial charge is 0.310 e. The molecule has 1 aliphatic carbocycles. The van der Waals surface area contributed by atoms with Crippen LogP contribution < -0.4 is 4.90 Å². The van der Waals surface area contributed by atoms with E-state index >= 15 is 0 Å². The minimum Gasteiger partial charge on any atom is -0.310 e. The third-order valence-electron chi connectivity index (χ3n) is 10.1. The van der Waals surface area contributed by atoms with Crippen molar-refractivity contribution in [2.75, 3.05) is 4.90 Å². The van der Waals surface area contributed by atoms with Gasteiger partial charge in [-0.25, -0.2) is 0 Å². The lowest BCUT2D eigenvalue weighted by atomic mass is 9.81. The first kappa shape index (κ1) is 29.1. The summed E-state index contributed by atoms with van der Waals surface area (Å²) in [6.45, 7) is 4.75. The van der Waals surface area contributed by atoms with Gasteiger partial charge >= 0.3 is 0 Å². The second-order valence-corrected chi connectivity index (χ2v) is 13.5. The first-order chi connectivity index (χ1) is 24.1.